The molecule has 1 aliphatic rings. The Kier molecular flexibility index (Phi) is 5.67. The summed E-state index contributed by atoms with van der Waals surface area (Å²) < 4.78 is 24.9. The quantitative estimate of drug-likeness (QED) is 0.819. The Bertz CT molecular complexity index is 460. The summed E-state index contributed by atoms with van der Waals surface area (Å²) >= 11 is 0. The van der Waals surface area contributed by atoms with Crippen LogP contribution in [0.15, 0.2) is 12.1 Å². The van der Waals surface area contributed by atoms with Crippen molar-refractivity contribution in [3.8, 4) is 5.75 Å². The summed E-state index contributed by atoms with van der Waals surface area (Å²) in [4.78, 5) is 2.18. The highest BCUT2D eigenvalue weighted by Gasteiger charge is 2.22. The van der Waals surface area contributed by atoms with Gasteiger partial charge in [-0.05, 0) is 26.2 Å². The number of halogens is 1. The zero-order chi connectivity index (χ0) is 15.2. The van der Waals surface area contributed by atoms with Crippen LogP contribution < -0.4 is 15.4 Å². The second kappa shape index (κ2) is 7.50. The number of nitrogen functional groups attached to an aromatic ring is 1. The van der Waals surface area contributed by atoms with Crippen molar-refractivity contribution < 1.29 is 13.9 Å². The van der Waals surface area contributed by atoms with Gasteiger partial charge in [0.1, 0.15) is 0 Å². The fraction of sp³-hybridized carbons (Fsp3) is 0.625. The lowest BCUT2D eigenvalue weighted by molar-refractivity contribution is 0.0459. The fourth-order valence-corrected chi connectivity index (χ4v) is 2.65. The highest BCUT2D eigenvalue weighted by molar-refractivity contribution is 5.70. The first-order valence-electron chi connectivity index (χ1n) is 7.74. The Hall–Kier alpha value is -1.49. The predicted molar refractivity (Wildman–Crippen MR) is 83.5 cm³/mol. The lowest BCUT2D eigenvalue weighted by Gasteiger charge is -2.34. The van der Waals surface area contributed by atoms with E-state index < -0.39 is 5.82 Å². The average Bonchev–Trinajstić information content (AvgIpc) is 2.48. The maximum Gasteiger partial charge on any atom is 0.167 e. The first kappa shape index (κ1) is 15.9. The van der Waals surface area contributed by atoms with Gasteiger partial charge in [-0.25, -0.2) is 4.39 Å². The van der Waals surface area contributed by atoms with Crippen molar-refractivity contribution in [3.05, 3.63) is 17.9 Å². The monoisotopic (exact) mass is 296 g/mol. The van der Waals surface area contributed by atoms with E-state index in [1.165, 1.54) is 6.07 Å². The number of benzene rings is 1. The molecular formula is C16H25FN2O2. The van der Waals surface area contributed by atoms with E-state index in [2.05, 4.69) is 4.90 Å². The highest BCUT2D eigenvalue weighted by Crippen LogP contribution is 2.33. The minimum Gasteiger partial charge on any atom is -0.490 e. The third-order valence-electron chi connectivity index (χ3n) is 3.73. The third kappa shape index (κ3) is 4.00. The third-order valence-corrected chi connectivity index (χ3v) is 3.73. The van der Waals surface area contributed by atoms with Crippen LogP contribution in [0, 0.1) is 5.82 Å². The van der Waals surface area contributed by atoms with Crippen molar-refractivity contribution in [2.24, 2.45) is 0 Å². The standard InChI is InChI=1S/C16H25FN2O2/c1-3-9-21-16-11-15(14(18)10-13(16)17)19-7-5-12(6-8-19)20-4-2/h10-12H,3-9,18H2,1-2H3. The van der Waals surface area contributed by atoms with Crippen LogP contribution in [0.2, 0.25) is 0 Å². The Morgan fingerprint density at radius 2 is 2.00 bits per heavy atom. The van der Waals surface area contributed by atoms with Gasteiger partial charge >= 0.3 is 0 Å². The van der Waals surface area contributed by atoms with Crippen LogP contribution in [0.4, 0.5) is 15.8 Å². The molecule has 5 heteroatoms. The van der Waals surface area contributed by atoms with Gasteiger partial charge in [0.2, 0.25) is 0 Å². The van der Waals surface area contributed by atoms with Gasteiger partial charge in [0.05, 0.1) is 24.1 Å². The Labute approximate surface area is 126 Å². The summed E-state index contributed by atoms with van der Waals surface area (Å²) in [7, 11) is 0. The topological polar surface area (TPSA) is 47.7 Å². The van der Waals surface area contributed by atoms with E-state index in [1.54, 1.807) is 6.07 Å². The van der Waals surface area contributed by atoms with Crippen molar-refractivity contribution >= 4 is 11.4 Å². The number of hydrogen-bond acceptors (Lipinski definition) is 4. The second-order valence-corrected chi connectivity index (χ2v) is 5.33. The number of ether oxygens (including phenoxy) is 2. The average molecular weight is 296 g/mol. The zero-order valence-corrected chi connectivity index (χ0v) is 12.9. The van der Waals surface area contributed by atoms with Crippen molar-refractivity contribution in [1.29, 1.82) is 0 Å². The van der Waals surface area contributed by atoms with Crippen molar-refractivity contribution in [2.75, 3.05) is 36.9 Å². The number of piperidine rings is 1. The van der Waals surface area contributed by atoms with Gasteiger partial charge in [-0.2, -0.15) is 0 Å². The Morgan fingerprint density at radius 1 is 1.29 bits per heavy atom. The van der Waals surface area contributed by atoms with E-state index >= 15 is 0 Å². The number of hydrogen-bond donors (Lipinski definition) is 1. The molecule has 0 spiro atoms. The first-order valence-corrected chi connectivity index (χ1v) is 7.74. The summed E-state index contributed by atoms with van der Waals surface area (Å²) in [6.07, 6.45) is 3.11. The van der Waals surface area contributed by atoms with Gasteiger partial charge in [-0.3, -0.25) is 0 Å². The van der Waals surface area contributed by atoms with Crippen molar-refractivity contribution in [2.45, 2.75) is 39.2 Å². The van der Waals surface area contributed by atoms with E-state index in [-0.39, 0.29) is 5.75 Å². The molecule has 0 bridgehead atoms. The van der Waals surface area contributed by atoms with Crippen LogP contribution in [-0.2, 0) is 4.74 Å². The number of rotatable bonds is 6. The molecule has 2 N–H and O–H groups in total. The van der Waals surface area contributed by atoms with Crippen molar-refractivity contribution in [1.82, 2.24) is 0 Å². The summed E-state index contributed by atoms with van der Waals surface area (Å²) in [6, 6.07) is 3.08. The molecule has 1 fully saturated rings. The van der Waals surface area contributed by atoms with Gasteiger partial charge in [0.25, 0.3) is 0 Å². The van der Waals surface area contributed by atoms with Gasteiger partial charge in [0.15, 0.2) is 11.6 Å². The van der Waals surface area contributed by atoms with Gasteiger partial charge in [-0.1, -0.05) is 6.92 Å². The summed E-state index contributed by atoms with van der Waals surface area (Å²) in [5.41, 5.74) is 7.30. The normalized spacial score (nSPS) is 16.2. The molecule has 0 saturated carbocycles. The van der Waals surface area contributed by atoms with E-state index in [4.69, 9.17) is 15.2 Å². The molecule has 0 radical (unpaired) electrons. The molecule has 1 aromatic rings. The molecule has 2 rings (SSSR count). The Balaban J connectivity index is 2.09. The van der Waals surface area contributed by atoms with E-state index in [0.717, 1.165) is 44.6 Å². The molecule has 0 atom stereocenters. The molecule has 0 amide bonds. The molecule has 1 heterocycles. The lowest BCUT2D eigenvalue weighted by atomic mass is 10.1. The maximum atomic E-state index is 13.8. The number of anilines is 2. The molecule has 0 aliphatic carbocycles. The number of nitrogens with two attached hydrogens (primary N) is 1. The summed E-state index contributed by atoms with van der Waals surface area (Å²) in [5, 5.41) is 0. The minimum absolute atomic E-state index is 0.285. The molecule has 21 heavy (non-hydrogen) atoms. The molecule has 0 unspecified atom stereocenters. The van der Waals surface area contributed by atoms with Gasteiger partial charge < -0.3 is 20.1 Å². The van der Waals surface area contributed by atoms with Crippen LogP contribution in [-0.4, -0.2) is 32.4 Å². The maximum absolute atomic E-state index is 13.8. The molecule has 1 saturated heterocycles. The summed E-state index contributed by atoms with van der Waals surface area (Å²) in [5.74, 6) is -0.109. The minimum atomic E-state index is -0.395. The van der Waals surface area contributed by atoms with Crippen LogP contribution in [0.5, 0.6) is 5.75 Å². The highest BCUT2D eigenvalue weighted by atomic mass is 19.1. The van der Waals surface area contributed by atoms with Gasteiger partial charge in [0, 0.05) is 31.8 Å². The molecule has 1 aliphatic heterocycles. The van der Waals surface area contributed by atoms with Crippen LogP contribution in [0.25, 0.3) is 0 Å². The van der Waals surface area contributed by atoms with E-state index in [1.807, 2.05) is 13.8 Å². The van der Waals surface area contributed by atoms with E-state index in [9.17, 15) is 4.39 Å². The summed E-state index contributed by atoms with van der Waals surface area (Å²) in [6.45, 7) is 7.00. The number of nitrogens with zero attached hydrogens (tertiary/aromatic N) is 1. The molecule has 4 nitrogen and oxygen atoms in total. The molecular weight excluding hydrogens is 271 g/mol. The SMILES string of the molecule is CCCOc1cc(N2CCC(OCC)CC2)c(N)cc1F. The first-order chi connectivity index (χ1) is 10.2. The second-order valence-electron chi connectivity index (χ2n) is 5.33. The fourth-order valence-electron chi connectivity index (χ4n) is 2.65. The van der Waals surface area contributed by atoms with Crippen LogP contribution >= 0.6 is 0 Å². The van der Waals surface area contributed by atoms with Gasteiger partial charge in [-0.15, -0.1) is 0 Å². The zero-order valence-electron chi connectivity index (χ0n) is 12.9. The largest absolute Gasteiger partial charge is 0.490 e. The predicted octanol–water partition coefficient (Wildman–Crippen LogP) is 3.20. The lowest BCUT2D eigenvalue weighted by Crippen LogP contribution is -2.37. The molecule has 1 aromatic carbocycles. The van der Waals surface area contributed by atoms with E-state index in [0.29, 0.717) is 18.4 Å². The van der Waals surface area contributed by atoms with Crippen LogP contribution in [0.3, 0.4) is 0 Å². The smallest absolute Gasteiger partial charge is 0.167 e. The Morgan fingerprint density at radius 3 is 2.62 bits per heavy atom. The van der Waals surface area contributed by atoms with Crippen molar-refractivity contribution in [3.63, 3.8) is 0 Å². The molecule has 118 valence electrons. The van der Waals surface area contributed by atoms with Crippen LogP contribution in [0.1, 0.15) is 33.1 Å². The molecule has 0 aromatic heterocycles.